The summed E-state index contributed by atoms with van der Waals surface area (Å²) in [5.74, 6) is 0.0696. The van der Waals surface area contributed by atoms with E-state index in [1.165, 1.54) is 19.2 Å². The number of carbonyl (C=O) groups excluding carboxylic acids is 1. The highest BCUT2D eigenvalue weighted by molar-refractivity contribution is 7.89. The first-order valence-corrected chi connectivity index (χ1v) is 10.3. The number of likely N-dealkylation sites (N-methyl/N-ethyl adjacent to an activating group) is 1. The van der Waals surface area contributed by atoms with Crippen molar-refractivity contribution in [1.29, 1.82) is 0 Å². The molecule has 2 aromatic rings. The molecule has 0 aromatic heterocycles. The van der Waals surface area contributed by atoms with Gasteiger partial charge in [-0.2, -0.15) is 4.31 Å². The molecule has 0 unspecified atom stereocenters. The number of nitrogens with one attached hydrogen (secondary N) is 1. The third kappa shape index (κ3) is 4.93. The Bertz CT molecular complexity index is 948. The van der Waals surface area contributed by atoms with Gasteiger partial charge in [0.25, 0.3) is 0 Å². The van der Waals surface area contributed by atoms with E-state index in [2.05, 4.69) is 5.32 Å². The maximum absolute atomic E-state index is 12.9. The summed E-state index contributed by atoms with van der Waals surface area (Å²) in [6, 6.07) is 9.37. The Morgan fingerprint density at radius 1 is 1.22 bits per heavy atom. The van der Waals surface area contributed by atoms with E-state index >= 15 is 0 Å². The van der Waals surface area contributed by atoms with Gasteiger partial charge in [0, 0.05) is 6.54 Å². The number of aryl methyl sites for hydroxylation is 1. The van der Waals surface area contributed by atoms with Crippen molar-refractivity contribution in [1.82, 2.24) is 4.31 Å². The Morgan fingerprint density at radius 2 is 1.93 bits per heavy atom. The predicted octanol–water partition coefficient (Wildman–Crippen LogP) is 3.96. The molecular weight excluding hydrogens is 411 g/mol. The van der Waals surface area contributed by atoms with E-state index in [1.807, 2.05) is 0 Å². The predicted molar refractivity (Wildman–Crippen MR) is 107 cm³/mol. The lowest BCUT2D eigenvalue weighted by molar-refractivity contribution is -0.116. The third-order valence-corrected chi connectivity index (χ3v) is 6.64. The summed E-state index contributed by atoms with van der Waals surface area (Å²) in [6.45, 7) is 3.19. The Kier molecular flexibility index (Phi) is 7.11. The molecule has 0 heterocycles. The number of nitrogens with zero attached hydrogens (tertiary/aromatic N) is 1. The fourth-order valence-electron chi connectivity index (χ4n) is 2.48. The summed E-state index contributed by atoms with van der Waals surface area (Å²) in [6.07, 6.45) is 0. The molecule has 0 aliphatic carbocycles. The molecule has 2 aromatic carbocycles. The topological polar surface area (TPSA) is 75.7 Å². The highest BCUT2D eigenvalue weighted by Crippen LogP contribution is 2.29. The van der Waals surface area contributed by atoms with Crippen LogP contribution in [0.4, 0.5) is 5.69 Å². The van der Waals surface area contributed by atoms with Crippen LogP contribution in [0.5, 0.6) is 5.75 Å². The molecule has 0 aliphatic rings. The van der Waals surface area contributed by atoms with Crippen molar-refractivity contribution in [3.8, 4) is 5.75 Å². The monoisotopic (exact) mass is 430 g/mol. The summed E-state index contributed by atoms with van der Waals surface area (Å²) in [4.78, 5) is 12.4. The second-order valence-electron chi connectivity index (χ2n) is 5.71. The molecule has 6 nitrogen and oxygen atoms in total. The van der Waals surface area contributed by atoms with E-state index in [0.29, 0.717) is 22.0 Å². The fraction of sp³-hybridized carbons (Fsp3) is 0.278. The van der Waals surface area contributed by atoms with Crippen molar-refractivity contribution >= 4 is 44.8 Å². The minimum absolute atomic E-state index is 0.0937. The van der Waals surface area contributed by atoms with Crippen molar-refractivity contribution in [2.24, 2.45) is 0 Å². The largest absolute Gasteiger partial charge is 0.496 e. The minimum atomic E-state index is -3.85. The normalized spacial score (nSPS) is 11.5. The molecule has 146 valence electrons. The number of sulfonamides is 1. The lowest BCUT2D eigenvalue weighted by atomic mass is 10.2. The number of methoxy groups -OCH3 is 1. The van der Waals surface area contributed by atoms with Crippen LogP contribution in [0.2, 0.25) is 10.0 Å². The van der Waals surface area contributed by atoms with Crippen molar-refractivity contribution in [3.05, 3.63) is 52.0 Å². The van der Waals surface area contributed by atoms with Crippen LogP contribution in [0.15, 0.2) is 41.3 Å². The molecule has 2 rings (SSSR count). The zero-order chi connectivity index (χ0) is 20.2. The van der Waals surface area contributed by atoms with Crippen LogP contribution >= 0.6 is 23.2 Å². The van der Waals surface area contributed by atoms with Gasteiger partial charge < -0.3 is 10.1 Å². The summed E-state index contributed by atoms with van der Waals surface area (Å²) in [5, 5.41) is 3.08. The first kappa shape index (κ1) is 21.5. The van der Waals surface area contributed by atoms with Crippen LogP contribution in [-0.4, -0.2) is 38.8 Å². The number of anilines is 1. The number of hydrogen-bond acceptors (Lipinski definition) is 4. The van der Waals surface area contributed by atoms with Gasteiger partial charge in [0.15, 0.2) is 0 Å². The minimum Gasteiger partial charge on any atom is -0.496 e. The number of carbonyl (C=O) groups is 1. The van der Waals surface area contributed by atoms with Crippen LogP contribution in [-0.2, 0) is 14.8 Å². The maximum atomic E-state index is 12.9. The SMILES string of the molecule is CCN(CC(=O)Nc1cccc(Cl)c1Cl)S(=O)(=O)c1ccc(OC)c(C)c1. The molecule has 0 bridgehead atoms. The number of ether oxygens (including phenoxy) is 1. The van der Waals surface area contributed by atoms with Gasteiger partial charge in [0.05, 0.1) is 34.3 Å². The molecule has 1 N–H and O–H groups in total. The van der Waals surface area contributed by atoms with Gasteiger partial charge in [-0.05, 0) is 42.8 Å². The van der Waals surface area contributed by atoms with Crippen LogP contribution in [0.1, 0.15) is 12.5 Å². The molecule has 0 saturated heterocycles. The van der Waals surface area contributed by atoms with Gasteiger partial charge in [-0.3, -0.25) is 4.79 Å². The smallest absolute Gasteiger partial charge is 0.243 e. The van der Waals surface area contributed by atoms with E-state index < -0.39 is 15.9 Å². The average Bonchev–Trinajstić information content (AvgIpc) is 2.63. The van der Waals surface area contributed by atoms with E-state index in [9.17, 15) is 13.2 Å². The second kappa shape index (κ2) is 8.93. The fourth-order valence-corrected chi connectivity index (χ4v) is 4.32. The zero-order valence-corrected chi connectivity index (χ0v) is 17.5. The summed E-state index contributed by atoms with van der Waals surface area (Å²) in [5.41, 5.74) is 1.01. The number of amides is 1. The maximum Gasteiger partial charge on any atom is 0.243 e. The summed E-state index contributed by atoms with van der Waals surface area (Å²) in [7, 11) is -2.33. The van der Waals surface area contributed by atoms with E-state index in [4.69, 9.17) is 27.9 Å². The molecule has 1 amide bonds. The Morgan fingerprint density at radius 3 is 2.52 bits per heavy atom. The van der Waals surface area contributed by atoms with E-state index in [-0.39, 0.29) is 23.0 Å². The van der Waals surface area contributed by atoms with E-state index in [1.54, 1.807) is 38.1 Å². The Hall–Kier alpha value is -1.80. The van der Waals surface area contributed by atoms with Crippen LogP contribution in [0, 0.1) is 6.92 Å². The molecule has 9 heteroatoms. The van der Waals surface area contributed by atoms with Gasteiger partial charge in [0.2, 0.25) is 15.9 Å². The molecule has 0 saturated carbocycles. The third-order valence-electron chi connectivity index (χ3n) is 3.90. The van der Waals surface area contributed by atoms with Crippen molar-refractivity contribution in [2.45, 2.75) is 18.7 Å². The van der Waals surface area contributed by atoms with Crippen molar-refractivity contribution in [3.63, 3.8) is 0 Å². The molecule has 0 radical (unpaired) electrons. The summed E-state index contributed by atoms with van der Waals surface area (Å²) < 4.78 is 32.0. The molecular formula is C18H20Cl2N2O4S. The number of benzene rings is 2. The highest BCUT2D eigenvalue weighted by atomic mass is 35.5. The molecule has 0 atom stereocenters. The zero-order valence-electron chi connectivity index (χ0n) is 15.1. The first-order chi connectivity index (χ1) is 12.7. The number of halogens is 2. The number of rotatable bonds is 7. The van der Waals surface area contributed by atoms with Gasteiger partial charge in [-0.25, -0.2) is 8.42 Å². The highest BCUT2D eigenvalue weighted by Gasteiger charge is 2.26. The Labute approximate surface area is 169 Å². The van der Waals surface area contributed by atoms with Crippen LogP contribution in [0.3, 0.4) is 0 Å². The first-order valence-electron chi connectivity index (χ1n) is 8.09. The lowest BCUT2D eigenvalue weighted by Crippen LogP contribution is -2.37. The van der Waals surface area contributed by atoms with Gasteiger partial charge >= 0.3 is 0 Å². The Balaban J connectivity index is 2.21. The molecule has 0 spiro atoms. The molecule has 0 fully saturated rings. The van der Waals surface area contributed by atoms with Gasteiger partial charge in [0.1, 0.15) is 5.75 Å². The van der Waals surface area contributed by atoms with Crippen molar-refractivity contribution in [2.75, 3.05) is 25.5 Å². The van der Waals surface area contributed by atoms with Gasteiger partial charge in [-0.1, -0.05) is 36.2 Å². The number of hydrogen-bond donors (Lipinski definition) is 1. The summed E-state index contributed by atoms with van der Waals surface area (Å²) >= 11 is 12.0. The second-order valence-corrected chi connectivity index (χ2v) is 8.44. The standard InChI is InChI=1S/C18H20Cl2N2O4S/c1-4-22(11-17(23)21-15-7-5-6-14(19)18(15)20)27(24,25)13-8-9-16(26-3)12(2)10-13/h5-10H,4,11H2,1-3H3,(H,21,23). The van der Waals surface area contributed by atoms with Gasteiger partial charge in [-0.15, -0.1) is 0 Å². The lowest BCUT2D eigenvalue weighted by Gasteiger charge is -2.21. The quantitative estimate of drug-likeness (QED) is 0.720. The molecule has 27 heavy (non-hydrogen) atoms. The van der Waals surface area contributed by atoms with Crippen LogP contribution in [0.25, 0.3) is 0 Å². The van der Waals surface area contributed by atoms with Crippen LogP contribution < -0.4 is 10.1 Å². The van der Waals surface area contributed by atoms with Crippen molar-refractivity contribution < 1.29 is 17.9 Å². The molecule has 0 aliphatic heterocycles. The van der Waals surface area contributed by atoms with E-state index in [0.717, 1.165) is 4.31 Å². The average molecular weight is 431 g/mol.